The van der Waals surface area contributed by atoms with E-state index in [0.29, 0.717) is 29.1 Å². The van der Waals surface area contributed by atoms with Crippen LogP contribution in [0.4, 0.5) is 0 Å². The molecule has 0 atom stereocenters. The molecule has 4 rings (SSSR count). The summed E-state index contributed by atoms with van der Waals surface area (Å²) in [6.07, 6.45) is 3.77. The molecule has 0 amide bonds. The molecule has 23 heavy (non-hydrogen) atoms. The average Bonchev–Trinajstić information content (AvgIpc) is 3.33. The predicted octanol–water partition coefficient (Wildman–Crippen LogP) is 1.55. The van der Waals surface area contributed by atoms with Gasteiger partial charge in [0.1, 0.15) is 5.82 Å². The minimum Gasteiger partial charge on any atom is -0.311 e. The summed E-state index contributed by atoms with van der Waals surface area (Å²) in [6, 6.07) is 7.42. The molecule has 2 aromatic heterocycles. The van der Waals surface area contributed by atoms with E-state index in [9.17, 15) is 4.79 Å². The zero-order valence-corrected chi connectivity index (χ0v) is 12.6. The zero-order valence-electron chi connectivity index (χ0n) is 12.6. The lowest BCUT2D eigenvalue weighted by molar-refractivity contribution is 0.616. The van der Waals surface area contributed by atoms with Gasteiger partial charge in [-0.3, -0.25) is 9.36 Å². The SMILES string of the molecule is Cc1nnc(Cn2cnc3cc(C#N)ccc3c2=O)n1C1CC1. The van der Waals surface area contributed by atoms with E-state index >= 15 is 0 Å². The van der Waals surface area contributed by atoms with E-state index in [-0.39, 0.29) is 5.56 Å². The van der Waals surface area contributed by atoms with Crippen molar-refractivity contribution in [1.29, 1.82) is 5.26 Å². The van der Waals surface area contributed by atoms with Gasteiger partial charge in [0.05, 0.1) is 35.4 Å². The fourth-order valence-electron chi connectivity index (χ4n) is 2.82. The highest BCUT2D eigenvalue weighted by Crippen LogP contribution is 2.36. The van der Waals surface area contributed by atoms with Crippen LogP contribution in [0.15, 0.2) is 29.3 Å². The van der Waals surface area contributed by atoms with Gasteiger partial charge in [0.25, 0.3) is 5.56 Å². The largest absolute Gasteiger partial charge is 0.311 e. The van der Waals surface area contributed by atoms with E-state index in [1.165, 1.54) is 10.9 Å². The van der Waals surface area contributed by atoms with Crippen LogP contribution in [0.3, 0.4) is 0 Å². The van der Waals surface area contributed by atoms with E-state index in [1.807, 2.05) is 6.92 Å². The Morgan fingerprint density at radius 2 is 2.17 bits per heavy atom. The molecule has 1 fully saturated rings. The number of fused-ring (bicyclic) bond motifs is 1. The van der Waals surface area contributed by atoms with Gasteiger partial charge in [0.15, 0.2) is 5.82 Å². The van der Waals surface area contributed by atoms with Gasteiger partial charge in [-0.05, 0) is 38.0 Å². The Balaban J connectivity index is 1.77. The molecule has 1 saturated carbocycles. The molecule has 0 bridgehead atoms. The molecule has 7 nitrogen and oxygen atoms in total. The van der Waals surface area contributed by atoms with Crippen molar-refractivity contribution in [2.75, 3.05) is 0 Å². The first-order chi connectivity index (χ1) is 11.2. The lowest BCUT2D eigenvalue weighted by atomic mass is 10.2. The first kappa shape index (κ1) is 13.6. The van der Waals surface area contributed by atoms with Crippen molar-refractivity contribution in [2.24, 2.45) is 0 Å². The van der Waals surface area contributed by atoms with E-state index in [2.05, 4.69) is 25.8 Å². The van der Waals surface area contributed by atoms with Gasteiger partial charge >= 0.3 is 0 Å². The van der Waals surface area contributed by atoms with Crippen LogP contribution in [0, 0.1) is 18.3 Å². The van der Waals surface area contributed by atoms with Crippen LogP contribution in [-0.4, -0.2) is 24.3 Å². The van der Waals surface area contributed by atoms with Gasteiger partial charge in [-0.25, -0.2) is 4.98 Å². The molecule has 0 spiro atoms. The maximum absolute atomic E-state index is 12.6. The Morgan fingerprint density at radius 1 is 1.35 bits per heavy atom. The standard InChI is InChI=1S/C16H14N6O/c1-10-19-20-15(22(10)12-3-4-12)8-21-9-18-14-6-11(7-17)2-5-13(14)16(21)23/h2,5-6,9,12H,3-4,8H2,1H3. The average molecular weight is 306 g/mol. The molecule has 0 radical (unpaired) electrons. The molecule has 114 valence electrons. The lowest BCUT2D eigenvalue weighted by Crippen LogP contribution is -2.23. The number of aromatic nitrogens is 5. The van der Waals surface area contributed by atoms with Crippen LogP contribution < -0.4 is 5.56 Å². The van der Waals surface area contributed by atoms with Crippen molar-refractivity contribution in [3.8, 4) is 6.07 Å². The Labute approximate surface area is 131 Å². The smallest absolute Gasteiger partial charge is 0.261 e. The van der Waals surface area contributed by atoms with Gasteiger partial charge in [0.2, 0.25) is 0 Å². The quantitative estimate of drug-likeness (QED) is 0.732. The van der Waals surface area contributed by atoms with Gasteiger partial charge < -0.3 is 4.57 Å². The van der Waals surface area contributed by atoms with Crippen molar-refractivity contribution in [3.63, 3.8) is 0 Å². The highest BCUT2D eigenvalue weighted by atomic mass is 16.1. The normalized spacial score (nSPS) is 14.1. The van der Waals surface area contributed by atoms with Gasteiger partial charge in [-0.15, -0.1) is 10.2 Å². The summed E-state index contributed by atoms with van der Waals surface area (Å²) in [7, 11) is 0. The van der Waals surface area contributed by atoms with Crippen molar-refractivity contribution < 1.29 is 0 Å². The molecule has 7 heteroatoms. The fraction of sp³-hybridized carbons (Fsp3) is 0.312. The summed E-state index contributed by atoms with van der Waals surface area (Å²) in [5, 5.41) is 17.8. The van der Waals surface area contributed by atoms with Crippen molar-refractivity contribution in [1.82, 2.24) is 24.3 Å². The number of hydrogen-bond donors (Lipinski definition) is 0. The van der Waals surface area contributed by atoms with Crippen LogP contribution in [0.2, 0.25) is 0 Å². The highest BCUT2D eigenvalue weighted by molar-refractivity contribution is 5.78. The molecular formula is C16H14N6O. The molecule has 2 heterocycles. The maximum atomic E-state index is 12.6. The molecular weight excluding hydrogens is 292 g/mol. The molecule has 1 aromatic carbocycles. The Morgan fingerprint density at radius 3 is 2.91 bits per heavy atom. The third kappa shape index (κ3) is 2.28. The number of rotatable bonds is 3. The van der Waals surface area contributed by atoms with E-state index in [0.717, 1.165) is 24.5 Å². The van der Waals surface area contributed by atoms with Crippen LogP contribution >= 0.6 is 0 Å². The van der Waals surface area contributed by atoms with Crippen LogP contribution in [-0.2, 0) is 6.54 Å². The first-order valence-corrected chi connectivity index (χ1v) is 7.47. The summed E-state index contributed by atoms with van der Waals surface area (Å²) in [4.78, 5) is 16.9. The summed E-state index contributed by atoms with van der Waals surface area (Å²) >= 11 is 0. The predicted molar refractivity (Wildman–Crippen MR) is 82.9 cm³/mol. The highest BCUT2D eigenvalue weighted by Gasteiger charge is 2.28. The first-order valence-electron chi connectivity index (χ1n) is 7.47. The van der Waals surface area contributed by atoms with Crippen LogP contribution in [0.1, 0.15) is 36.1 Å². The van der Waals surface area contributed by atoms with E-state index in [4.69, 9.17) is 5.26 Å². The summed E-state index contributed by atoms with van der Waals surface area (Å²) < 4.78 is 3.64. The Kier molecular flexibility index (Phi) is 2.98. The number of nitrogens with zero attached hydrogens (tertiary/aromatic N) is 6. The van der Waals surface area contributed by atoms with Gasteiger partial charge in [0, 0.05) is 6.04 Å². The second-order valence-electron chi connectivity index (χ2n) is 5.79. The maximum Gasteiger partial charge on any atom is 0.261 e. The van der Waals surface area contributed by atoms with Gasteiger partial charge in [-0.1, -0.05) is 0 Å². The molecule has 1 aliphatic rings. The fourth-order valence-corrected chi connectivity index (χ4v) is 2.82. The Bertz CT molecular complexity index is 1010. The van der Waals surface area contributed by atoms with Crippen molar-refractivity contribution in [2.45, 2.75) is 32.4 Å². The number of nitriles is 1. The van der Waals surface area contributed by atoms with Gasteiger partial charge in [-0.2, -0.15) is 5.26 Å². The Hall–Kier alpha value is -3.01. The minimum atomic E-state index is -0.137. The lowest BCUT2D eigenvalue weighted by Gasteiger charge is -2.09. The number of benzene rings is 1. The second-order valence-corrected chi connectivity index (χ2v) is 5.79. The number of aryl methyl sites for hydroxylation is 1. The van der Waals surface area contributed by atoms with Crippen LogP contribution in [0.25, 0.3) is 10.9 Å². The zero-order chi connectivity index (χ0) is 16.0. The second kappa shape index (κ2) is 5.02. The molecule has 0 unspecified atom stereocenters. The van der Waals surface area contributed by atoms with Crippen LogP contribution in [0.5, 0.6) is 0 Å². The molecule has 0 aliphatic heterocycles. The number of hydrogen-bond acceptors (Lipinski definition) is 5. The van der Waals surface area contributed by atoms with E-state index < -0.39 is 0 Å². The molecule has 3 aromatic rings. The molecule has 0 N–H and O–H groups in total. The van der Waals surface area contributed by atoms with Crippen molar-refractivity contribution >= 4 is 10.9 Å². The molecule has 1 aliphatic carbocycles. The molecule has 0 saturated heterocycles. The van der Waals surface area contributed by atoms with E-state index in [1.54, 1.807) is 18.2 Å². The summed E-state index contributed by atoms with van der Waals surface area (Å²) in [5.41, 5.74) is 0.888. The summed E-state index contributed by atoms with van der Waals surface area (Å²) in [5.74, 6) is 1.66. The topological polar surface area (TPSA) is 89.4 Å². The summed E-state index contributed by atoms with van der Waals surface area (Å²) in [6.45, 7) is 2.28. The minimum absolute atomic E-state index is 0.137. The van der Waals surface area contributed by atoms with Crippen molar-refractivity contribution in [3.05, 3.63) is 52.1 Å². The third-order valence-corrected chi connectivity index (χ3v) is 4.11. The monoisotopic (exact) mass is 306 g/mol. The third-order valence-electron chi connectivity index (χ3n) is 4.11.